The molecule has 0 aliphatic heterocycles. The molecule has 3 atom stereocenters. The van der Waals surface area contributed by atoms with E-state index in [-0.39, 0.29) is 48.1 Å². The van der Waals surface area contributed by atoms with Crippen LogP contribution in [0.3, 0.4) is 0 Å². The number of ketones is 1. The molecule has 0 saturated carbocycles. The van der Waals surface area contributed by atoms with E-state index in [9.17, 15) is 14.4 Å². The molecule has 14 heteroatoms. The first-order valence-electron chi connectivity index (χ1n) is 15.9. The lowest BCUT2D eigenvalue weighted by Crippen LogP contribution is -2.54. The van der Waals surface area contributed by atoms with Gasteiger partial charge in [0.2, 0.25) is 5.91 Å². The molecule has 2 amide bonds. The van der Waals surface area contributed by atoms with Crippen molar-refractivity contribution >= 4 is 69.7 Å². The number of carbonyl (C=O) groups is 3. The number of nitrogens with zero attached hydrogens (tertiary/aromatic N) is 3. The van der Waals surface area contributed by atoms with E-state index in [1.54, 1.807) is 36.4 Å². The Bertz CT molecular complexity index is 1620. The monoisotopic (exact) mass is 753 g/mol. The molecule has 0 fully saturated rings. The molecule has 49 heavy (non-hydrogen) atoms. The summed E-state index contributed by atoms with van der Waals surface area (Å²) in [4.78, 5) is 44.7. The molecule has 0 aliphatic rings. The van der Waals surface area contributed by atoms with Crippen LogP contribution in [0, 0.1) is 11.8 Å². The van der Waals surface area contributed by atoms with Crippen molar-refractivity contribution < 1.29 is 23.6 Å². The van der Waals surface area contributed by atoms with Crippen LogP contribution < -0.4 is 15.5 Å². The van der Waals surface area contributed by atoms with E-state index < -0.39 is 28.4 Å². The van der Waals surface area contributed by atoms with Crippen molar-refractivity contribution in [1.82, 2.24) is 20.8 Å². The van der Waals surface area contributed by atoms with E-state index in [2.05, 4.69) is 27.4 Å². The second-order valence-corrected chi connectivity index (χ2v) is 14.9. The highest BCUT2D eigenvalue weighted by Crippen LogP contribution is 2.36. The molecule has 0 saturated heterocycles. The number of hydrogen-bond acceptors (Lipinski definition) is 8. The fraction of sp³-hybridized carbons (Fsp3) is 0.457. The molecule has 3 unspecified atom stereocenters. The van der Waals surface area contributed by atoms with Crippen molar-refractivity contribution in [1.29, 1.82) is 0 Å². The molecule has 0 aliphatic carbocycles. The first-order valence-corrected chi connectivity index (χ1v) is 17.5. The number of halogens is 4. The summed E-state index contributed by atoms with van der Waals surface area (Å²) in [5.41, 5.74) is 1.10. The van der Waals surface area contributed by atoms with Crippen molar-refractivity contribution in [3.8, 4) is 22.7 Å². The predicted octanol–water partition coefficient (Wildman–Crippen LogP) is 8.24. The number of pyridine rings is 1. The molecule has 10 nitrogen and oxygen atoms in total. The van der Waals surface area contributed by atoms with Gasteiger partial charge in [0.15, 0.2) is 22.3 Å². The van der Waals surface area contributed by atoms with Crippen LogP contribution in [-0.2, 0) is 19.1 Å². The number of benzene rings is 1. The van der Waals surface area contributed by atoms with Gasteiger partial charge in [0, 0.05) is 36.5 Å². The van der Waals surface area contributed by atoms with E-state index >= 15 is 0 Å². The molecule has 266 valence electrons. The number of hydrogen-bond donors (Lipinski definition) is 2. The summed E-state index contributed by atoms with van der Waals surface area (Å²) < 4.78 is 11.3. The molecule has 2 heterocycles. The first kappa shape index (κ1) is 40.1. The molecular weight excluding hydrogens is 712 g/mol. The maximum atomic E-state index is 13.7. The molecular formula is C35H43Cl4N5O5. The van der Waals surface area contributed by atoms with Gasteiger partial charge in [0.05, 0.1) is 16.1 Å². The number of rotatable bonds is 16. The summed E-state index contributed by atoms with van der Waals surface area (Å²) in [6.45, 7) is 17.1. The van der Waals surface area contributed by atoms with Crippen molar-refractivity contribution in [2.45, 2.75) is 83.8 Å². The lowest BCUT2D eigenvalue weighted by Gasteiger charge is -2.31. The van der Waals surface area contributed by atoms with E-state index in [0.29, 0.717) is 39.1 Å². The Morgan fingerprint density at radius 2 is 1.65 bits per heavy atom. The van der Waals surface area contributed by atoms with Crippen LogP contribution >= 0.6 is 46.4 Å². The number of carbonyl (C=O) groups excluding carboxylic acids is 3. The number of Topliss-reactive ketones (excluding diaryl/α,β-unsaturated/α-hetero) is 1. The van der Waals surface area contributed by atoms with Gasteiger partial charge in [-0.25, -0.2) is 0 Å². The quantitative estimate of drug-likeness (QED) is 0.111. The minimum Gasteiger partial charge on any atom is -0.474 e. The number of aromatic nitrogens is 2. The summed E-state index contributed by atoms with van der Waals surface area (Å²) in [5.74, 6) is -1.08. The van der Waals surface area contributed by atoms with Gasteiger partial charge in [0.25, 0.3) is 5.91 Å². The highest BCUT2D eigenvalue weighted by molar-refractivity contribution is 6.54. The van der Waals surface area contributed by atoms with E-state index in [0.717, 1.165) is 0 Å². The van der Waals surface area contributed by atoms with Crippen LogP contribution in [0.2, 0.25) is 10.0 Å². The summed E-state index contributed by atoms with van der Waals surface area (Å²) in [5, 5.41) is 10.9. The minimum atomic E-state index is -1.41. The highest BCUT2D eigenvalue weighted by atomic mass is 35.5. The van der Waals surface area contributed by atoms with Crippen molar-refractivity contribution in [3.63, 3.8) is 0 Å². The third kappa shape index (κ3) is 11.1. The van der Waals surface area contributed by atoms with Crippen LogP contribution in [0.25, 0.3) is 22.7 Å². The van der Waals surface area contributed by atoms with Crippen molar-refractivity contribution in [2.75, 3.05) is 11.4 Å². The lowest BCUT2D eigenvalue weighted by molar-refractivity contribution is -0.131. The fourth-order valence-electron chi connectivity index (χ4n) is 4.98. The van der Waals surface area contributed by atoms with Crippen LogP contribution in [-0.4, -0.2) is 56.8 Å². The highest BCUT2D eigenvalue weighted by Gasteiger charge is 2.32. The number of alkyl halides is 2. The Morgan fingerprint density at radius 1 is 1.00 bits per heavy atom. The molecule has 2 N–H and O–H groups in total. The van der Waals surface area contributed by atoms with Crippen LogP contribution in [0.1, 0.15) is 61.3 Å². The van der Waals surface area contributed by atoms with Gasteiger partial charge in [-0.05, 0) is 63.5 Å². The van der Waals surface area contributed by atoms with E-state index in [1.165, 1.54) is 11.1 Å². The summed E-state index contributed by atoms with van der Waals surface area (Å²) in [6, 6.07) is 8.36. The third-order valence-corrected chi connectivity index (χ3v) is 8.63. The zero-order chi connectivity index (χ0) is 36.6. The topological polar surface area (TPSA) is 127 Å². The van der Waals surface area contributed by atoms with Crippen LogP contribution in [0.15, 0.2) is 59.6 Å². The maximum Gasteiger partial charge on any atom is 0.260 e. The SMILES string of the molecule is C=C(NC(C(=O)NC(C(=O)CCN(C(=O)C(Cl)Cl)c1ccnc(-c2cc(-c3c(Cl)cccc3Cl)no2)c1)C(C)C)C(C)CC)OC(C)(C)C. The standard InChI is InChI=1S/C35H43Cl4N5O5/c1-9-20(4)31(41-21(5)48-35(6,7)8)33(46)42-30(19(2)3)27(45)14-16-44(34(47)32(38)39)22-13-15-40-25(17-22)28-18-26(43-49-28)29-23(36)11-10-12-24(29)37/h10-13,15,17-20,30-32,41H,5,9,14,16H2,1-4,6-8H3,(H,42,46). The zero-order valence-electron chi connectivity index (χ0n) is 28.7. The number of amides is 2. The average molecular weight is 756 g/mol. The zero-order valence-corrected chi connectivity index (χ0v) is 31.7. The largest absolute Gasteiger partial charge is 0.474 e. The number of ether oxygens (including phenoxy) is 1. The fourth-order valence-corrected chi connectivity index (χ4v) is 5.80. The molecule has 3 rings (SSSR count). The molecule has 0 spiro atoms. The number of nitrogens with one attached hydrogen (secondary N) is 2. The molecule has 1 aromatic carbocycles. The molecule has 0 radical (unpaired) electrons. The van der Waals surface area contributed by atoms with Crippen LogP contribution in [0.5, 0.6) is 0 Å². The van der Waals surface area contributed by atoms with E-state index in [4.69, 9.17) is 55.7 Å². The van der Waals surface area contributed by atoms with Gasteiger partial charge in [0.1, 0.15) is 23.0 Å². The molecule has 0 bridgehead atoms. The van der Waals surface area contributed by atoms with E-state index in [1.807, 2.05) is 48.5 Å². The first-order chi connectivity index (χ1) is 22.9. The minimum absolute atomic E-state index is 0.0731. The number of anilines is 1. The molecule has 2 aromatic heterocycles. The second-order valence-electron chi connectivity index (χ2n) is 13.0. The average Bonchev–Trinajstić information content (AvgIpc) is 3.50. The van der Waals surface area contributed by atoms with Gasteiger partial charge in [-0.15, -0.1) is 0 Å². The van der Waals surface area contributed by atoms with Gasteiger partial charge in [-0.1, -0.05) is 91.7 Å². The summed E-state index contributed by atoms with van der Waals surface area (Å²) >= 11 is 24.7. The van der Waals surface area contributed by atoms with Crippen molar-refractivity contribution in [3.05, 3.63) is 65.1 Å². The predicted molar refractivity (Wildman–Crippen MR) is 196 cm³/mol. The summed E-state index contributed by atoms with van der Waals surface area (Å²) in [7, 11) is 0. The van der Waals surface area contributed by atoms with Gasteiger partial charge >= 0.3 is 0 Å². The Kier molecular flexibility index (Phi) is 14.4. The lowest BCUT2D eigenvalue weighted by atomic mass is 9.94. The van der Waals surface area contributed by atoms with Crippen LogP contribution in [0.4, 0.5) is 5.69 Å². The Labute approximate surface area is 307 Å². The summed E-state index contributed by atoms with van der Waals surface area (Å²) in [6.07, 6.45) is 2.07. The van der Waals surface area contributed by atoms with Gasteiger partial charge in [-0.3, -0.25) is 19.4 Å². The van der Waals surface area contributed by atoms with Gasteiger partial charge in [-0.2, -0.15) is 0 Å². The normalized spacial score (nSPS) is 13.5. The second kappa shape index (κ2) is 17.6. The Balaban J connectivity index is 1.82. The third-order valence-electron chi connectivity index (χ3n) is 7.62. The maximum absolute atomic E-state index is 13.7. The van der Waals surface area contributed by atoms with Gasteiger partial charge < -0.3 is 24.8 Å². The smallest absolute Gasteiger partial charge is 0.260 e. The Morgan fingerprint density at radius 3 is 2.22 bits per heavy atom. The van der Waals surface area contributed by atoms with Crippen molar-refractivity contribution in [2.24, 2.45) is 11.8 Å². The molecule has 3 aromatic rings. The Hall–Kier alpha value is -3.31.